The van der Waals surface area contributed by atoms with Crippen LogP contribution in [0.15, 0.2) is 12.3 Å². The van der Waals surface area contributed by atoms with Crippen molar-refractivity contribution >= 4 is 11.7 Å². The first-order chi connectivity index (χ1) is 9.08. The largest absolute Gasteiger partial charge is 0.383 e. The number of nitrogens with zero attached hydrogens (tertiary/aromatic N) is 2. The van der Waals surface area contributed by atoms with Crippen LogP contribution in [0, 0.1) is 11.7 Å². The van der Waals surface area contributed by atoms with Crippen molar-refractivity contribution in [2.45, 2.75) is 12.8 Å². The molecule has 1 atom stereocenters. The first-order valence-corrected chi connectivity index (χ1v) is 6.32. The van der Waals surface area contributed by atoms with Gasteiger partial charge in [-0.25, -0.2) is 9.37 Å². The number of ether oxygens (including phenoxy) is 1. The predicted octanol–water partition coefficient (Wildman–Crippen LogP) is 1.30. The Morgan fingerprint density at radius 1 is 1.68 bits per heavy atom. The summed E-state index contributed by atoms with van der Waals surface area (Å²) in [6.45, 7) is 2.03. The number of hydrogen-bond acceptors (Lipinski definition) is 4. The maximum Gasteiger partial charge on any atom is 0.257 e. The summed E-state index contributed by atoms with van der Waals surface area (Å²) in [5.74, 6) is -0.495. The lowest BCUT2D eigenvalue weighted by molar-refractivity contribution is 0.0388. The fraction of sp³-hybridized carbons (Fsp3) is 0.538. The smallest absolute Gasteiger partial charge is 0.257 e. The number of hydrogen-bond donors (Lipinski definition) is 1. The van der Waals surface area contributed by atoms with E-state index < -0.39 is 5.82 Å². The Bertz CT molecular complexity index is 461. The maximum absolute atomic E-state index is 13.1. The van der Waals surface area contributed by atoms with Crippen molar-refractivity contribution in [3.63, 3.8) is 0 Å². The van der Waals surface area contributed by atoms with Crippen molar-refractivity contribution in [2.75, 3.05) is 32.5 Å². The molecule has 1 aromatic rings. The van der Waals surface area contributed by atoms with E-state index in [0.29, 0.717) is 19.1 Å². The minimum atomic E-state index is -0.563. The molecule has 0 radical (unpaired) electrons. The van der Waals surface area contributed by atoms with E-state index in [2.05, 4.69) is 4.98 Å². The molecule has 2 heterocycles. The third-order valence-electron chi connectivity index (χ3n) is 3.25. The summed E-state index contributed by atoms with van der Waals surface area (Å²) in [5.41, 5.74) is 5.72. The molecule has 0 spiro atoms. The molecule has 1 unspecified atom stereocenters. The van der Waals surface area contributed by atoms with Crippen LogP contribution in [0.1, 0.15) is 23.2 Å². The number of halogens is 1. The van der Waals surface area contributed by atoms with E-state index in [1.807, 2.05) is 0 Å². The Morgan fingerprint density at radius 3 is 3.16 bits per heavy atom. The summed E-state index contributed by atoms with van der Waals surface area (Å²) in [4.78, 5) is 17.4. The van der Waals surface area contributed by atoms with Gasteiger partial charge >= 0.3 is 0 Å². The van der Waals surface area contributed by atoms with Crippen LogP contribution >= 0.6 is 0 Å². The zero-order valence-corrected chi connectivity index (χ0v) is 10.9. The summed E-state index contributed by atoms with van der Waals surface area (Å²) in [6, 6.07) is 1.12. The van der Waals surface area contributed by atoms with Crippen molar-refractivity contribution < 1.29 is 13.9 Å². The van der Waals surface area contributed by atoms with E-state index in [4.69, 9.17) is 10.5 Å². The number of nitrogen functional groups attached to an aromatic ring is 1. The molecule has 0 aliphatic carbocycles. The quantitative estimate of drug-likeness (QED) is 0.896. The number of aromatic nitrogens is 1. The number of carbonyl (C=O) groups is 1. The molecule has 6 heteroatoms. The molecular weight excluding hydrogens is 249 g/mol. The summed E-state index contributed by atoms with van der Waals surface area (Å²) >= 11 is 0. The van der Waals surface area contributed by atoms with E-state index in [1.54, 1.807) is 11.9 Å². The number of nitrogens with two attached hydrogens (primary N) is 1. The Balaban J connectivity index is 2.03. The minimum Gasteiger partial charge on any atom is -0.383 e. The molecule has 1 saturated heterocycles. The zero-order chi connectivity index (χ0) is 13.8. The highest BCUT2D eigenvalue weighted by Crippen LogP contribution is 2.17. The van der Waals surface area contributed by atoms with Crippen molar-refractivity contribution in [3.8, 4) is 0 Å². The van der Waals surface area contributed by atoms with Crippen LogP contribution in [0.25, 0.3) is 0 Å². The molecule has 1 fully saturated rings. The maximum atomic E-state index is 13.1. The molecule has 0 saturated carbocycles. The Hall–Kier alpha value is -1.69. The van der Waals surface area contributed by atoms with Crippen molar-refractivity contribution in [1.82, 2.24) is 9.88 Å². The summed E-state index contributed by atoms with van der Waals surface area (Å²) < 4.78 is 18.5. The molecule has 2 N–H and O–H groups in total. The van der Waals surface area contributed by atoms with Gasteiger partial charge < -0.3 is 15.4 Å². The van der Waals surface area contributed by atoms with Gasteiger partial charge in [0.25, 0.3) is 5.91 Å². The summed E-state index contributed by atoms with van der Waals surface area (Å²) in [7, 11) is 1.68. The van der Waals surface area contributed by atoms with Crippen molar-refractivity contribution in [1.29, 1.82) is 0 Å². The lowest BCUT2D eigenvalue weighted by atomic mass is 10.0. The highest BCUT2D eigenvalue weighted by Gasteiger charge is 2.21. The minimum absolute atomic E-state index is 0.0538. The molecule has 19 heavy (non-hydrogen) atoms. The first kappa shape index (κ1) is 13.7. The van der Waals surface area contributed by atoms with E-state index in [-0.39, 0.29) is 17.3 Å². The average Bonchev–Trinajstić information content (AvgIpc) is 2.42. The Labute approximate surface area is 111 Å². The van der Waals surface area contributed by atoms with E-state index in [0.717, 1.165) is 31.7 Å². The van der Waals surface area contributed by atoms with Crippen LogP contribution in [0.5, 0.6) is 0 Å². The molecule has 0 bridgehead atoms. The Morgan fingerprint density at radius 2 is 2.47 bits per heavy atom. The van der Waals surface area contributed by atoms with Gasteiger partial charge in [0.1, 0.15) is 11.6 Å². The van der Waals surface area contributed by atoms with Gasteiger partial charge in [-0.2, -0.15) is 0 Å². The standard InChI is InChI=1S/C13H18FN3O2/c1-17(7-9-3-2-4-19-8-9)13(18)11-5-10(14)6-16-12(11)15/h5-6,9H,2-4,7-8H2,1H3,(H2,15,16). The van der Waals surface area contributed by atoms with Crippen LogP contribution in [-0.2, 0) is 4.74 Å². The first-order valence-electron chi connectivity index (χ1n) is 6.32. The fourth-order valence-electron chi connectivity index (χ4n) is 2.25. The van der Waals surface area contributed by atoms with Crippen LogP contribution in [-0.4, -0.2) is 42.6 Å². The number of pyridine rings is 1. The molecule has 0 aromatic carbocycles. The van der Waals surface area contributed by atoms with Crippen molar-refractivity contribution in [2.24, 2.45) is 5.92 Å². The highest BCUT2D eigenvalue weighted by atomic mass is 19.1. The second-order valence-corrected chi connectivity index (χ2v) is 4.86. The van der Waals surface area contributed by atoms with E-state index in [9.17, 15) is 9.18 Å². The monoisotopic (exact) mass is 267 g/mol. The molecule has 1 aromatic heterocycles. The fourth-order valence-corrected chi connectivity index (χ4v) is 2.25. The molecule has 1 aliphatic rings. The van der Waals surface area contributed by atoms with Gasteiger partial charge in [-0.15, -0.1) is 0 Å². The Kier molecular flexibility index (Phi) is 4.31. The van der Waals surface area contributed by atoms with Gasteiger partial charge in [-0.1, -0.05) is 0 Å². The normalized spacial score (nSPS) is 19.2. The number of anilines is 1. The number of carbonyl (C=O) groups excluding carboxylic acids is 1. The molecule has 104 valence electrons. The third-order valence-corrected chi connectivity index (χ3v) is 3.25. The topological polar surface area (TPSA) is 68.5 Å². The van der Waals surface area contributed by atoms with Gasteiger partial charge in [0.15, 0.2) is 0 Å². The summed E-state index contributed by atoms with van der Waals surface area (Å²) in [5, 5.41) is 0. The van der Waals surface area contributed by atoms with Gasteiger partial charge in [0.2, 0.25) is 0 Å². The van der Waals surface area contributed by atoms with Crippen LogP contribution < -0.4 is 5.73 Å². The van der Waals surface area contributed by atoms with Gasteiger partial charge in [0.05, 0.1) is 18.4 Å². The lowest BCUT2D eigenvalue weighted by Crippen LogP contribution is -2.35. The van der Waals surface area contributed by atoms with E-state index >= 15 is 0 Å². The predicted molar refractivity (Wildman–Crippen MR) is 69.1 cm³/mol. The molecule has 1 aliphatic heterocycles. The number of amides is 1. The molecular formula is C13H18FN3O2. The third kappa shape index (κ3) is 3.41. The van der Waals surface area contributed by atoms with Crippen LogP contribution in [0.2, 0.25) is 0 Å². The van der Waals surface area contributed by atoms with Crippen LogP contribution in [0.4, 0.5) is 10.2 Å². The van der Waals surface area contributed by atoms with Crippen molar-refractivity contribution in [3.05, 3.63) is 23.6 Å². The molecule has 5 nitrogen and oxygen atoms in total. The zero-order valence-electron chi connectivity index (χ0n) is 10.9. The SMILES string of the molecule is CN(CC1CCCOC1)C(=O)c1cc(F)cnc1N. The second-order valence-electron chi connectivity index (χ2n) is 4.86. The average molecular weight is 267 g/mol. The van der Waals surface area contributed by atoms with Gasteiger partial charge in [0, 0.05) is 20.2 Å². The highest BCUT2D eigenvalue weighted by molar-refractivity contribution is 5.98. The molecule has 1 amide bonds. The van der Waals surface area contributed by atoms with Crippen LogP contribution in [0.3, 0.4) is 0 Å². The molecule has 2 rings (SSSR count). The number of rotatable bonds is 3. The second kappa shape index (κ2) is 5.97. The lowest BCUT2D eigenvalue weighted by Gasteiger charge is -2.27. The summed E-state index contributed by atoms with van der Waals surface area (Å²) in [6.07, 6.45) is 3.05. The van der Waals surface area contributed by atoms with Gasteiger partial charge in [-0.3, -0.25) is 4.79 Å². The van der Waals surface area contributed by atoms with E-state index in [1.165, 1.54) is 0 Å². The van der Waals surface area contributed by atoms with Gasteiger partial charge in [-0.05, 0) is 24.8 Å².